The van der Waals surface area contributed by atoms with Crippen molar-refractivity contribution in [2.45, 2.75) is 32.7 Å². The Morgan fingerprint density at radius 2 is 2.30 bits per heavy atom. The lowest BCUT2D eigenvalue weighted by molar-refractivity contribution is 0.117. The van der Waals surface area contributed by atoms with Crippen LogP contribution < -0.4 is 5.32 Å². The van der Waals surface area contributed by atoms with Crippen LogP contribution in [0.5, 0.6) is 0 Å². The molecule has 1 aliphatic rings. The van der Waals surface area contributed by atoms with Crippen molar-refractivity contribution < 1.29 is 9.13 Å². The lowest BCUT2D eigenvalue weighted by Crippen LogP contribution is -2.45. The normalized spacial score (nSPS) is 21.8. The second-order valence-corrected chi connectivity index (χ2v) is 6.14. The van der Waals surface area contributed by atoms with E-state index in [1.54, 1.807) is 12.1 Å². The van der Waals surface area contributed by atoms with Gasteiger partial charge >= 0.3 is 0 Å². The number of nitrogens with zero attached hydrogens (tertiary/aromatic N) is 2. The summed E-state index contributed by atoms with van der Waals surface area (Å²) in [5.41, 5.74) is 0.716. The Kier molecular flexibility index (Phi) is 6.82. The summed E-state index contributed by atoms with van der Waals surface area (Å²) in [5, 5.41) is 12.5. The highest BCUT2D eigenvalue weighted by molar-refractivity contribution is 5.58. The van der Waals surface area contributed by atoms with Gasteiger partial charge in [-0.25, -0.2) is 4.39 Å². The van der Waals surface area contributed by atoms with Crippen LogP contribution in [0.1, 0.15) is 32.3 Å². The fourth-order valence-electron chi connectivity index (χ4n) is 3.14. The molecule has 1 N–H and O–H groups in total. The molecule has 2 atom stereocenters. The van der Waals surface area contributed by atoms with Gasteiger partial charge in [0.25, 0.3) is 0 Å². The molecule has 126 valence electrons. The van der Waals surface area contributed by atoms with Crippen LogP contribution in [0.4, 0.5) is 10.1 Å². The Bertz CT molecular complexity index is 544. The van der Waals surface area contributed by atoms with Gasteiger partial charge in [0.2, 0.25) is 0 Å². The molecule has 5 heteroatoms. The zero-order valence-electron chi connectivity index (χ0n) is 14.0. The maximum atomic E-state index is 13.7. The Balaban J connectivity index is 1.87. The first-order chi connectivity index (χ1) is 11.2. The van der Waals surface area contributed by atoms with Crippen LogP contribution in [0.25, 0.3) is 0 Å². The number of benzene rings is 1. The zero-order valence-corrected chi connectivity index (χ0v) is 14.0. The third-order valence-corrected chi connectivity index (χ3v) is 4.42. The summed E-state index contributed by atoms with van der Waals surface area (Å²) in [4.78, 5) is 2.46. The van der Waals surface area contributed by atoms with Crippen molar-refractivity contribution in [3.05, 3.63) is 29.6 Å². The highest BCUT2D eigenvalue weighted by atomic mass is 19.1. The average molecular weight is 319 g/mol. The molecule has 1 fully saturated rings. The molecule has 23 heavy (non-hydrogen) atoms. The standard InChI is InChI=1S/C18H26FN3O/c1-3-23-11-5-9-22-10-8-17(14(2)13-22)21-18-7-4-6-16(19)15(18)12-20/h4,6-7,14,17,21H,3,5,8-11,13H2,1-2H3. The summed E-state index contributed by atoms with van der Waals surface area (Å²) in [6, 6.07) is 6.98. The first-order valence-corrected chi connectivity index (χ1v) is 8.41. The van der Waals surface area contributed by atoms with Crippen molar-refractivity contribution in [3.8, 4) is 6.07 Å². The predicted octanol–water partition coefficient (Wildman–Crippen LogP) is 3.25. The number of halogens is 1. The molecule has 1 aliphatic heterocycles. The van der Waals surface area contributed by atoms with E-state index in [1.807, 2.05) is 13.0 Å². The molecule has 2 unspecified atom stereocenters. The summed E-state index contributed by atoms with van der Waals surface area (Å²) in [6.45, 7) is 8.90. The molecule has 2 rings (SSSR count). The number of nitriles is 1. The lowest BCUT2D eigenvalue weighted by Gasteiger charge is -2.38. The molecule has 0 bridgehead atoms. The number of piperidine rings is 1. The number of ether oxygens (including phenoxy) is 1. The second kappa shape index (κ2) is 8.85. The average Bonchev–Trinajstić information content (AvgIpc) is 2.54. The number of nitrogens with one attached hydrogen (secondary N) is 1. The molecular formula is C18H26FN3O. The summed E-state index contributed by atoms with van der Waals surface area (Å²) in [7, 11) is 0. The lowest BCUT2D eigenvalue weighted by atomic mass is 9.93. The molecule has 0 spiro atoms. The van der Waals surface area contributed by atoms with Gasteiger partial charge in [-0.05, 0) is 37.8 Å². The summed E-state index contributed by atoms with van der Waals surface area (Å²) >= 11 is 0. The molecule has 0 amide bonds. The molecular weight excluding hydrogens is 293 g/mol. The monoisotopic (exact) mass is 319 g/mol. The van der Waals surface area contributed by atoms with Gasteiger partial charge < -0.3 is 15.0 Å². The van der Waals surface area contributed by atoms with Crippen molar-refractivity contribution in [1.82, 2.24) is 4.90 Å². The molecule has 4 nitrogen and oxygen atoms in total. The van der Waals surface area contributed by atoms with Crippen LogP contribution in [0.2, 0.25) is 0 Å². The van der Waals surface area contributed by atoms with Gasteiger partial charge in [0.1, 0.15) is 17.4 Å². The molecule has 1 aromatic rings. The maximum Gasteiger partial charge on any atom is 0.143 e. The Hall–Kier alpha value is -1.64. The zero-order chi connectivity index (χ0) is 16.7. The van der Waals surface area contributed by atoms with E-state index in [0.29, 0.717) is 11.6 Å². The molecule has 0 saturated carbocycles. The second-order valence-electron chi connectivity index (χ2n) is 6.14. The van der Waals surface area contributed by atoms with Crippen LogP contribution >= 0.6 is 0 Å². The third kappa shape index (κ3) is 4.92. The minimum Gasteiger partial charge on any atom is -0.382 e. The van der Waals surface area contributed by atoms with E-state index < -0.39 is 5.82 Å². The topological polar surface area (TPSA) is 48.3 Å². The number of hydrogen-bond acceptors (Lipinski definition) is 4. The van der Waals surface area contributed by atoms with Gasteiger partial charge in [0.15, 0.2) is 0 Å². The van der Waals surface area contributed by atoms with Gasteiger partial charge in [0.05, 0.1) is 5.69 Å². The minimum absolute atomic E-state index is 0.110. The SMILES string of the molecule is CCOCCCN1CCC(Nc2cccc(F)c2C#N)C(C)C1. The molecule has 0 radical (unpaired) electrons. The molecule has 0 aromatic heterocycles. The number of rotatable bonds is 7. The smallest absolute Gasteiger partial charge is 0.143 e. The van der Waals surface area contributed by atoms with E-state index in [2.05, 4.69) is 17.1 Å². The van der Waals surface area contributed by atoms with Crippen molar-refractivity contribution >= 4 is 5.69 Å². The minimum atomic E-state index is -0.460. The molecule has 0 aliphatic carbocycles. The fourth-order valence-corrected chi connectivity index (χ4v) is 3.14. The molecule has 1 aromatic carbocycles. The Morgan fingerprint density at radius 3 is 3.00 bits per heavy atom. The Labute approximate surface area is 138 Å². The van der Waals surface area contributed by atoms with Gasteiger partial charge in [0, 0.05) is 38.9 Å². The first kappa shape index (κ1) is 17.7. The number of likely N-dealkylation sites (tertiary alicyclic amines) is 1. The Morgan fingerprint density at radius 1 is 1.48 bits per heavy atom. The van der Waals surface area contributed by atoms with Crippen molar-refractivity contribution in [1.29, 1.82) is 5.26 Å². The van der Waals surface area contributed by atoms with Crippen LogP contribution in [0, 0.1) is 23.1 Å². The number of hydrogen-bond donors (Lipinski definition) is 1. The largest absolute Gasteiger partial charge is 0.382 e. The molecule has 1 saturated heterocycles. The van der Waals surface area contributed by atoms with Crippen molar-refractivity contribution in [2.24, 2.45) is 5.92 Å². The van der Waals surface area contributed by atoms with E-state index in [9.17, 15) is 4.39 Å². The first-order valence-electron chi connectivity index (χ1n) is 8.41. The van der Waals surface area contributed by atoms with Crippen LogP contribution in [-0.2, 0) is 4.74 Å². The highest BCUT2D eigenvalue weighted by Gasteiger charge is 2.26. The van der Waals surface area contributed by atoms with E-state index in [0.717, 1.165) is 45.7 Å². The van der Waals surface area contributed by atoms with Crippen molar-refractivity contribution in [3.63, 3.8) is 0 Å². The highest BCUT2D eigenvalue weighted by Crippen LogP contribution is 2.24. The maximum absolute atomic E-state index is 13.7. The predicted molar refractivity (Wildman–Crippen MR) is 89.9 cm³/mol. The van der Waals surface area contributed by atoms with Gasteiger partial charge in [-0.3, -0.25) is 0 Å². The van der Waals surface area contributed by atoms with E-state index in [1.165, 1.54) is 6.07 Å². The summed E-state index contributed by atoms with van der Waals surface area (Å²) < 4.78 is 19.1. The fraction of sp³-hybridized carbons (Fsp3) is 0.611. The quantitative estimate of drug-likeness (QED) is 0.784. The third-order valence-electron chi connectivity index (χ3n) is 4.42. The van der Waals surface area contributed by atoms with Crippen LogP contribution in [0.3, 0.4) is 0 Å². The van der Waals surface area contributed by atoms with E-state index in [4.69, 9.17) is 10.00 Å². The summed E-state index contributed by atoms with van der Waals surface area (Å²) in [6.07, 6.45) is 2.05. The van der Waals surface area contributed by atoms with Crippen molar-refractivity contribution in [2.75, 3.05) is 38.2 Å². The van der Waals surface area contributed by atoms with Gasteiger partial charge in [-0.1, -0.05) is 13.0 Å². The van der Waals surface area contributed by atoms with Crippen LogP contribution in [-0.4, -0.2) is 43.8 Å². The van der Waals surface area contributed by atoms with E-state index >= 15 is 0 Å². The van der Waals surface area contributed by atoms with Gasteiger partial charge in [-0.15, -0.1) is 0 Å². The van der Waals surface area contributed by atoms with Gasteiger partial charge in [-0.2, -0.15) is 5.26 Å². The summed E-state index contributed by atoms with van der Waals surface area (Å²) in [5.74, 6) is -0.0100. The van der Waals surface area contributed by atoms with E-state index in [-0.39, 0.29) is 11.6 Å². The van der Waals surface area contributed by atoms with Crippen LogP contribution in [0.15, 0.2) is 18.2 Å². The molecule has 1 heterocycles. The number of anilines is 1.